The number of unbranched alkanes of at least 4 members (excludes halogenated alkanes) is 3. The van der Waals surface area contributed by atoms with E-state index in [1.807, 2.05) is 0 Å². The third kappa shape index (κ3) is 38.9. The topological polar surface area (TPSA) is 132 Å². The molecule has 0 radical (unpaired) electrons. The number of alkyl halides is 1. The fraction of sp³-hybridized carbons (Fsp3) is 1.00. The Morgan fingerprint density at radius 3 is 0.880 bits per heavy atom. The first kappa shape index (κ1) is 47.8. The summed E-state index contributed by atoms with van der Waals surface area (Å²) in [7, 11) is 0. The van der Waals surface area contributed by atoms with Crippen molar-refractivity contribution in [1.29, 1.82) is 0 Å². The first-order valence-electron chi connectivity index (χ1n) is 18.7. The Hall–Kier alpha value is -0.270. The molecule has 0 aliphatic carbocycles. The number of nitrogens with one attached hydrogen (secondary N) is 1. The average Bonchev–Trinajstić information content (AvgIpc) is 3.14. The second-order valence-corrected chi connectivity index (χ2v) is 11.6. The van der Waals surface area contributed by atoms with E-state index < -0.39 is 0 Å². The van der Waals surface area contributed by atoms with Gasteiger partial charge in [-0.15, -0.1) is 11.6 Å². The molecule has 1 rings (SSSR count). The maximum absolute atomic E-state index is 5.79. The van der Waals surface area contributed by atoms with Crippen molar-refractivity contribution in [3.05, 3.63) is 0 Å². The molecule has 0 aromatic heterocycles. The van der Waals surface area contributed by atoms with Crippen LogP contribution in [0.5, 0.6) is 0 Å². The molecular formula is C35H70ClNO13. The number of hydrogen-bond donors (Lipinski definition) is 1. The zero-order chi connectivity index (χ0) is 35.5. The van der Waals surface area contributed by atoms with Crippen molar-refractivity contribution < 1.29 is 61.6 Å². The molecule has 0 aromatic rings. The summed E-state index contributed by atoms with van der Waals surface area (Å²) in [4.78, 5) is 0. The van der Waals surface area contributed by atoms with Crippen LogP contribution in [-0.2, 0) is 61.6 Å². The minimum atomic E-state index is 0.371. The van der Waals surface area contributed by atoms with Gasteiger partial charge < -0.3 is 66.9 Å². The summed E-state index contributed by atoms with van der Waals surface area (Å²) >= 11 is 5.66. The zero-order valence-corrected chi connectivity index (χ0v) is 31.6. The molecule has 0 amide bonds. The fourth-order valence-corrected chi connectivity index (χ4v) is 4.60. The van der Waals surface area contributed by atoms with Crippen molar-refractivity contribution in [3.8, 4) is 0 Å². The first-order chi connectivity index (χ1) is 24.9. The molecule has 15 heteroatoms. The largest absolute Gasteiger partial charge is 0.379 e. The van der Waals surface area contributed by atoms with E-state index in [0.717, 1.165) is 51.3 Å². The Morgan fingerprint density at radius 2 is 0.580 bits per heavy atom. The molecule has 1 fully saturated rings. The van der Waals surface area contributed by atoms with Gasteiger partial charge in [-0.2, -0.15) is 0 Å². The van der Waals surface area contributed by atoms with Crippen molar-refractivity contribution in [1.82, 2.24) is 5.32 Å². The number of halogens is 1. The molecule has 1 aliphatic rings. The lowest BCUT2D eigenvalue weighted by molar-refractivity contribution is -0.0327. The fourth-order valence-electron chi connectivity index (χ4n) is 4.41. The summed E-state index contributed by atoms with van der Waals surface area (Å²) in [6.45, 7) is 15.9. The number of piperidine rings is 1. The van der Waals surface area contributed by atoms with E-state index in [-0.39, 0.29) is 0 Å². The molecule has 50 heavy (non-hydrogen) atoms. The lowest BCUT2D eigenvalue weighted by atomic mass is 10.1. The standard InChI is InChI=1S/C35H70ClNO13/c36-7-3-1-2-4-10-38-11-12-39-13-14-40-15-16-41-17-18-42-19-20-43-21-22-44-23-24-45-25-26-46-27-28-47-29-30-48-31-32-49-33-34-50-35-5-8-37-9-6-35/h35,37H,1-34H2. The zero-order valence-electron chi connectivity index (χ0n) is 30.8. The van der Waals surface area contributed by atoms with Crippen LogP contribution < -0.4 is 5.32 Å². The molecular weight excluding hydrogens is 678 g/mol. The quantitative estimate of drug-likeness (QED) is 0.0725. The van der Waals surface area contributed by atoms with Gasteiger partial charge in [-0.1, -0.05) is 12.8 Å². The summed E-state index contributed by atoms with van der Waals surface area (Å²) in [5, 5.41) is 3.33. The first-order valence-corrected chi connectivity index (χ1v) is 19.3. The molecule has 1 N–H and O–H groups in total. The minimum Gasteiger partial charge on any atom is -0.379 e. The smallest absolute Gasteiger partial charge is 0.0704 e. The Balaban J connectivity index is 1.59. The molecule has 0 unspecified atom stereocenters. The predicted octanol–water partition coefficient (Wildman–Crippen LogP) is 2.75. The lowest BCUT2D eigenvalue weighted by Crippen LogP contribution is -2.33. The maximum atomic E-state index is 5.79. The Bertz CT molecular complexity index is 627. The molecule has 1 saturated heterocycles. The SMILES string of the molecule is ClCCCCCCOCCOCCOCCOCCOCCOCCOCCOCCOCCOCCOCCOCCOC1CCNCC1. The van der Waals surface area contributed by atoms with Crippen LogP contribution in [0.25, 0.3) is 0 Å². The summed E-state index contributed by atoms with van der Waals surface area (Å²) in [6.07, 6.45) is 7.03. The van der Waals surface area contributed by atoms with Crippen molar-refractivity contribution >= 4 is 11.6 Å². The Labute approximate surface area is 306 Å². The highest BCUT2D eigenvalue weighted by molar-refractivity contribution is 6.17. The van der Waals surface area contributed by atoms with Crippen molar-refractivity contribution in [2.24, 2.45) is 0 Å². The average molecular weight is 748 g/mol. The van der Waals surface area contributed by atoms with Gasteiger partial charge >= 0.3 is 0 Å². The molecule has 1 aliphatic heterocycles. The van der Waals surface area contributed by atoms with E-state index in [1.54, 1.807) is 0 Å². The highest BCUT2D eigenvalue weighted by atomic mass is 35.5. The second-order valence-electron chi connectivity index (χ2n) is 11.3. The summed E-state index contributed by atoms with van der Waals surface area (Å²) in [6, 6.07) is 0. The van der Waals surface area contributed by atoms with Crippen molar-refractivity contribution in [3.63, 3.8) is 0 Å². The van der Waals surface area contributed by atoms with E-state index in [4.69, 9.17) is 73.2 Å². The van der Waals surface area contributed by atoms with Gasteiger partial charge in [0.15, 0.2) is 0 Å². The molecule has 1 heterocycles. The van der Waals surface area contributed by atoms with Crippen LogP contribution in [0.4, 0.5) is 0 Å². The monoisotopic (exact) mass is 747 g/mol. The van der Waals surface area contributed by atoms with Crippen LogP contribution >= 0.6 is 11.6 Å². The van der Waals surface area contributed by atoms with Crippen molar-refractivity contribution in [2.75, 3.05) is 184 Å². The van der Waals surface area contributed by atoms with Crippen LogP contribution in [0.3, 0.4) is 0 Å². The lowest BCUT2D eigenvalue weighted by Gasteiger charge is -2.22. The number of hydrogen-bond acceptors (Lipinski definition) is 14. The predicted molar refractivity (Wildman–Crippen MR) is 191 cm³/mol. The molecule has 0 bridgehead atoms. The van der Waals surface area contributed by atoms with E-state index in [0.29, 0.717) is 165 Å². The van der Waals surface area contributed by atoms with Gasteiger partial charge in [0.05, 0.1) is 165 Å². The summed E-state index contributed by atoms with van der Waals surface area (Å²) < 4.78 is 71.8. The van der Waals surface area contributed by atoms with Gasteiger partial charge in [0.2, 0.25) is 0 Å². The normalized spacial score (nSPS) is 13.9. The number of rotatable bonds is 43. The van der Waals surface area contributed by atoms with Crippen LogP contribution in [-0.4, -0.2) is 190 Å². The van der Waals surface area contributed by atoms with E-state index >= 15 is 0 Å². The van der Waals surface area contributed by atoms with Gasteiger partial charge in [-0.05, 0) is 38.8 Å². The Morgan fingerprint density at radius 1 is 0.320 bits per heavy atom. The minimum absolute atomic E-state index is 0.371. The van der Waals surface area contributed by atoms with Gasteiger partial charge in [0.25, 0.3) is 0 Å². The van der Waals surface area contributed by atoms with Crippen LogP contribution in [0, 0.1) is 0 Å². The van der Waals surface area contributed by atoms with Crippen LogP contribution in [0.2, 0.25) is 0 Å². The highest BCUT2D eigenvalue weighted by Gasteiger charge is 2.12. The number of ether oxygens (including phenoxy) is 13. The van der Waals surface area contributed by atoms with E-state index in [9.17, 15) is 0 Å². The second kappa shape index (κ2) is 43.1. The molecule has 300 valence electrons. The molecule has 0 saturated carbocycles. The third-order valence-corrected chi connectivity index (χ3v) is 7.40. The van der Waals surface area contributed by atoms with Crippen LogP contribution in [0.1, 0.15) is 38.5 Å². The van der Waals surface area contributed by atoms with Gasteiger partial charge in [0, 0.05) is 12.5 Å². The van der Waals surface area contributed by atoms with Gasteiger partial charge in [-0.3, -0.25) is 0 Å². The third-order valence-electron chi connectivity index (χ3n) is 7.13. The molecule has 0 atom stereocenters. The molecule has 0 aromatic carbocycles. The van der Waals surface area contributed by atoms with Gasteiger partial charge in [0.1, 0.15) is 0 Å². The summed E-state index contributed by atoms with van der Waals surface area (Å²) in [5.41, 5.74) is 0. The Kier molecular flexibility index (Phi) is 41.2. The van der Waals surface area contributed by atoms with Crippen LogP contribution in [0.15, 0.2) is 0 Å². The molecule has 0 spiro atoms. The van der Waals surface area contributed by atoms with Gasteiger partial charge in [-0.25, -0.2) is 0 Å². The highest BCUT2D eigenvalue weighted by Crippen LogP contribution is 2.06. The maximum Gasteiger partial charge on any atom is 0.0704 e. The van der Waals surface area contributed by atoms with E-state index in [1.165, 1.54) is 12.8 Å². The van der Waals surface area contributed by atoms with E-state index in [2.05, 4.69) is 5.32 Å². The molecule has 14 nitrogen and oxygen atoms in total. The van der Waals surface area contributed by atoms with Crippen molar-refractivity contribution in [2.45, 2.75) is 44.6 Å². The summed E-state index contributed by atoms with van der Waals surface area (Å²) in [5.74, 6) is 0.743.